The van der Waals surface area contributed by atoms with Crippen molar-refractivity contribution in [2.45, 2.75) is 33.4 Å². The van der Waals surface area contributed by atoms with E-state index in [0.717, 1.165) is 52.5 Å². The number of rotatable bonds is 4. The standard InChI is InChI=1S/C21H25FN4OS/c1-14(2)24-8-10-25(11-9-24)20(27)19-12-18-15(3)23-26(21(18)28-19)13-16-4-6-17(22)7-5-16/h4-7,12,14H,8-11,13H2,1-3H3. The normalized spacial score (nSPS) is 15.7. The van der Waals surface area contributed by atoms with Crippen LogP contribution in [-0.4, -0.2) is 57.7 Å². The Morgan fingerprint density at radius 3 is 2.50 bits per heavy atom. The molecule has 1 fully saturated rings. The van der Waals surface area contributed by atoms with Crippen LogP contribution in [0.25, 0.3) is 10.2 Å². The van der Waals surface area contributed by atoms with E-state index in [1.807, 2.05) is 22.6 Å². The molecule has 3 heterocycles. The topological polar surface area (TPSA) is 41.4 Å². The Morgan fingerprint density at radius 1 is 1.18 bits per heavy atom. The van der Waals surface area contributed by atoms with E-state index in [1.165, 1.54) is 23.5 Å². The van der Waals surface area contributed by atoms with Crippen molar-refractivity contribution in [2.75, 3.05) is 26.2 Å². The molecule has 28 heavy (non-hydrogen) atoms. The molecule has 0 aliphatic carbocycles. The van der Waals surface area contributed by atoms with Crippen molar-refractivity contribution in [3.8, 4) is 0 Å². The molecule has 148 valence electrons. The van der Waals surface area contributed by atoms with Gasteiger partial charge in [0.05, 0.1) is 17.1 Å². The maximum atomic E-state index is 13.2. The average Bonchev–Trinajstić information content (AvgIpc) is 3.24. The molecule has 0 spiro atoms. The molecule has 0 radical (unpaired) electrons. The summed E-state index contributed by atoms with van der Waals surface area (Å²) in [5.41, 5.74) is 1.90. The Bertz CT molecular complexity index is 984. The van der Waals surface area contributed by atoms with E-state index in [-0.39, 0.29) is 11.7 Å². The van der Waals surface area contributed by atoms with Crippen LogP contribution in [0.15, 0.2) is 30.3 Å². The first-order valence-electron chi connectivity index (χ1n) is 9.67. The fraction of sp³-hybridized carbons (Fsp3) is 0.429. The van der Waals surface area contributed by atoms with Crippen LogP contribution in [-0.2, 0) is 6.54 Å². The minimum absolute atomic E-state index is 0.109. The predicted molar refractivity (Wildman–Crippen MR) is 110 cm³/mol. The smallest absolute Gasteiger partial charge is 0.264 e. The summed E-state index contributed by atoms with van der Waals surface area (Å²) in [5.74, 6) is -0.135. The van der Waals surface area contributed by atoms with E-state index < -0.39 is 0 Å². The second kappa shape index (κ2) is 7.64. The number of carbonyl (C=O) groups excluding carboxylic acids is 1. The molecule has 1 aliphatic heterocycles. The minimum atomic E-state index is -0.243. The number of aryl methyl sites for hydroxylation is 1. The second-order valence-electron chi connectivity index (χ2n) is 7.62. The van der Waals surface area contributed by atoms with Gasteiger partial charge < -0.3 is 4.90 Å². The fourth-order valence-electron chi connectivity index (χ4n) is 3.69. The number of amides is 1. The van der Waals surface area contributed by atoms with Gasteiger partial charge in [-0.05, 0) is 44.5 Å². The maximum absolute atomic E-state index is 13.2. The molecule has 0 saturated carbocycles. The van der Waals surface area contributed by atoms with E-state index in [2.05, 4.69) is 23.8 Å². The van der Waals surface area contributed by atoms with Gasteiger partial charge in [-0.25, -0.2) is 4.39 Å². The third-order valence-corrected chi connectivity index (χ3v) is 6.53. The molecule has 4 rings (SSSR count). The largest absolute Gasteiger partial charge is 0.335 e. The number of aromatic nitrogens is 2. The summed E-state index contributed by atoms with van der Waals surface area (Å²) < 4.78 is 15.1. The highest BCUT2D eigenvalue weighted by Crippen LogP contribution is 2.30. The van der Waals surface area contributed by atoms with Crippen LogP contribution in [0.4, 0.5) is 4.39 Å². The SMILES string of the molecule is Cc1nn(Cc2ccc(F)cc2)c2sc(C(=O)N3CCN(C(C)C)CC3)cc12. The summed E-state index contributed by atoms with van der Waals surface area (Å²) in [6.07, 6.45) is 0. The second-order valence-corrected chi connectivity index (χ2v) is 8.65. The van der Waals surface area contributed by atoms with E-state index in [9.17, 15) is 9.18 Å². The van der Waals surface area contributed by atoms with Crippen molar-refractivity contribution in [1.29, 1.82) is 0 Å². The van der Waals surface area contributed by atoms with Gasteiger partial charge in [-0.15, -0.1) is 11.3 Å². The van der Waals surface area contributed by atoms with Gasteiger partial charge in [0.2, 0.25) is 0 Å². The highest BCUT2D eigenvalue weighted by molar-refractivity contribution is 7.20. The van der Waals surface area contributed by atoms with Gasteiger partial charge >= 0.3 is 0 Å². The zero-order valence-corrected chi connectivity index (χ0v) is 17.3. The maximum Gasteiger partial charge on any atom is 0.264 e. The van der Waals surface area contributed by atoms with Crippen molar-refractivity contribution in [2.24, 2.45) is 0 Å². The molecule has 1 aliphatic rings. The van der Waals surface area contributed by atoms with Gasteiger partial charge in [-0.1, -0.05) is 12.1 Å². The Balaban J connectivity index is 1.54. The lowest BCUT2D eigenvalue weighted by molar-refractivity contribution is 0.0600. The number of benzene rings is 1. The lowest BCUT2D eigenvalue weighted by atomic mass is 10.2. The summed E-state index contributed by atoms with van der Waals surface area (Å²) in [6, 6.07) is 8.95. The van der Waals surface area contributed by atoms with Crippen molar-refractivity contribution in [1.82, 2.24) is 19.6 Å². The van der Waals surface area contributed by atoms with Gasteiger partial charge in [0.1, 0.15) is 10.6 Å². The number of thiophene rings is 1. The van der Waals surface area contributed by atoms with E-state index >= 15 is 0 Å². The van der Waals surface area contributed by atoms with Crippen molar-refractivity contribution < 1.29 is 9.18 Å². The number of hydrogen-bond donors (Lipinski definition) is 0. The zero-order valence-electron chi connectivity index (χ0n) is 16.5. The molecule has 3 aromatic rings. The van der Waals surface area contributed by atoms with Crippen LogP contribution in [0, 0.1) is 12.7 Å². The molecule has 0 unspecified atom stereocenters. The number of carbonyl (C=O) groups is 1. The van der Waals surface area contributed by atoms with Crippen LogP contribution in [0.1, 0.15) is 34.8 Å². The molecular weight excluding hydrogens is 375 g/mol. The monoisotopic (exact) mass is 400 g/mol. The lowest BCUT2D eigenvalue weighted by Crippen LogP contribution is -2.50. The lowest BCUT2D eigenvalue weighted by Gasteiger charge is -2.36. The van der Waals surface area contributed by atoms with Crippen LogP contribution >= 0.6 is 11.3 Å². The Kier molecular flexibility index (Phi) is 5.21. The van der Waals surface area contributed by atoms with Gasteiger partial charge in [0.15, 0.2) is 0 Å². The first-order chi connectivity index (χ1) is 13.4. The van der Waals surface area contributed by atoms with Gasteiger partial charge in [0.25, 0.3) is 5.91 Å². The minimum Gasteiger partial charge on any atom is -0.335 e. The first-order valence-corrected chi connectivity index (χ1v) is 10.5. The Labute approximate surface area is 168 Å². The van der Waals surface area contributed by atoms with Gasteiger partial charge in [-0.2, -0.15) is 5.10 Å². The molecule has 0 N–H and O–H groups in total. The fourth-order valence-corrected chi connectivity index (χ4v) is 4.81. The number of halogens is 1. The summed E-state index contributed by atoms with van der Waals surface area (Å²) in [5, 5.41) is 5.64. The van der Waals surface area contributed by atoms with Gasteiger partial charge in [0, 0.05) is 37.6 Å². The third kappa shape index (κ3) is 3.69. The number of nitrogens with zero attached hydrogens (tertiary/aromatic N) is 4. The van der Waals surface area contributed by atoms with Gasteiger partial charge in [-0.3, -0.25) is 14.4 Å². The number of fused-ring (bicyclic) bond motifs is 1. The quantitative estimate of drug-likeness (QED) is 0.670. The van der Waals surface area contributed by atoms with Crippen LogP contribution in [0.2, 0.25) is 0 Å². The van der Waals surface area contributed by atoms with Crippen molar-refractivity contribution >= 4 is 27.5 Å². The molecule has 1 saturated heterocycles. The molecule has 0 atom stereocenters. The summed E-state index contributed by atoms with van der Waals surface area (Å²) in [6.45, 7) is 10.3. The Hall–Kier alpha value is -2.25. The molecule has 5 nitrogen and oxygen atoms in total. The van der Waals surface area contributed by atoms with E-state index in [4.69, 9.17) is 0 Å². The molecular formula is C21H25FN4OS. The van der Waals surface area contributed by atoms with Crippen molar-refractivity contribution in [3.05, 3.63) is 52.3 Å². The molecule has 1 aromatic carbocycles. The highest BCUT2D eigenvalue weighted by atomic mass is 32.1. The molecule has 0 bridgehead atoms. The number of piperazine rings is 1. The van der Waals surface area contributed by atoms with Crippen molar-refractivity contribution in [3.63, 3.8) is 0 Å². The summed E-state index contributed by atoms with van der Waals surface area (Å²) in [4.78, 5) is 19.1. The van der Waals surface area contributed by atoms with E-state index in [0.29, 0.717) is 12.6 Å². The summed E-state index contributed by atoms with van der Waals surface area (Å²) in [7, 11) is 0. The van der Waals surface area contributed by atoms with E-state index in [1.54, 1.807) is 12.1 Å². The molecule has 7 heteroatoms. The first kappa shape index (κ1) is 19.1. The number of hydrogen-bond acceptors (Lipinski definition) is 4. The summed E-state index contributed by atoms with van der Waals surface area (Å²) >= 11 is 1.50. The average molecular weight is 401 g/mol. The Morgan fingerprint density at radius 2 is 1.86 bits per heavy atom. The molecule has 2 aromatic heterocycles. The van der Waals surface area contributed by atoms with Crippen LogP contribution < -0.4 is 0 Å². The predicted octanol–water partition coefficient (Wildman–Crippen LogP) is 3.76. The zero-order chi connectivity index (χ0) is 19.8. The van der Waals surface area contributed by atoms with Crippen LogP contribution in [0.5, 0.6) is 0 Å². The third-order valence-electron chi connectivity index (χ3n) is 5.40. The molecule has 1 amide bonds. The highest BCUT2D eigenvalue weighted by Gasteiger charge is 2.25. The van der Waals surface area contributed by atoms with Crippen LogP contribution in [0.3, 0.4) is 0 Å².